The van der Waals surface area contributed by atoms with E-state index in [4.69, 9.17) is 16.3 Å². The van der Waals surface area contributed by atoms with Gasteiger partial charge in [-0.1, -0.05) is 29.8 Å². The maximum Gasteiger partial charge on any atom is 0.216 e. The first-order chi connectivity index (χ1) is 9.24. The van der Waals surface area contributed by atoms with E-state index in [9.17, 15) is 0 Å². The Bertz CT molecular complexity index is 548. The molecule has 1 aromatic heterocycles. The number of hydrogen-bond donors (Lipinski definition) is 1. The third-order valence-corrected chi connectivity index (χ3v) is 3.33. The van der Waals surface area contributed by atoms with Crippen molar-refractivity contribution in [2.45, 2.75) is 12.5 Å². The van der Waals surface area contributed by atoms with E-state index in [0.717, 1.165) is 22.7 Å². The predicted molar refractivity (Wildman–Crippen MR) is 75.5 cm³/mol. The first-order valence-electron chi connectivity index (χ1n) is 6.01. The van der Waals surface area contributed by atoms with Crippen LogP contribution in [0.3, 0.4) is 0 Å². The first-order valence-corrected chi connectivity index (χ1v) is 6.39. The van der Waals surface area contributed by atoms with Gasteiger partial charge in [-0.3, -0.25) is 0 Å². The van der Waals surface area contributed by atoms with Crippen molar-refractivity contribution >= 4 is 11.6 Å². The quantitative estimate of drug-likeness (QED) is 0.913. The van der Waals surface area contributed by atoms with Crippen LogP contribution in [0.15, 0.2) is 36.7 Å². The number of nitrogens with zero attached hydrogens (tertiary/aromatic N) is 2. The van der Waals surface area contributed by atoms with Gasteiger partial charge in [0.15, 0.2) is 0 Å². The summed E-state index contributed by atoms with van der Waals surface area (Å²) in [5, 5.41) is 4.01. The number of nitrogens with one attached hydrogen (secondary N) is 1. The van der Waals surface area contributed by atoms with Gasteiger partial charge in [-0.15, -0.1) is 0 Å². The molecule has 1 heterocycles. The summed E-state index contributed by atoms with van der Waals surface area (Å²) in [5.41, 5.74) is 1.97. The lowest BCUT2D eigenvalue weighted by atomic mass is 10.0. The molecule has 0 fully saturated rings. The van der Waals surface area contributed by atoms with E-state index in [1.165, 1.54) is 6.33 Å². The number of halogens is 1. The number of methoxy groups -OCH3 is 1. The van der Waals surface area contributed by atoms with Crippen molar-refractivity contribution in [2.24, 2.45) is 0 Å². The minimum Gasteiger partial charge on any atom is -0.481 e. The van der Waals surface area contributed by atoms with Crippen molar-refractivity contribution in [3.63, 3.8) is 0 Å². The molecule has 0 aliphatic carbocycles. The smallest absolute Gasteiger partial charge is 0.216 e. The zero-order chi connectivity index (χ0) is 13.7. The average Bonchev–Trinajstić information content (AvgIpc) is 2.46. The Morgan fingerprint density at radius 2 is 2.11 bits per heavy atom. The molecule has 0 bridgehead atoms. The van der Waals surface area contributed by atoms with Crippen molar-refractivity contribution in [2.75, 3.05) is 14.2 Å². The van der Waals surface area contributed by atoms with E-state index in [1.54, 1.807) is 7.11 Å². The maximum atomic E-state index is 6.19. The molecular weight excluding hydrogens is 262 g/mol. The normalized spacial score (nSPS) is 12.2. The molecule has 1 aromatic carbocycles. The number of rotatable bonds is 5. The zero-order valence-electron chi connectivity index (χ0n) is 10.9. The third-order valence-electron chi connectivity index (χ3n) is 2.96. The Hall–Kier alpha value is -1.65. The standard InChI is InChI=1S/C14H16ClN3O/c1-16-12(7-10-5-3-4-6-11(10)15)13-8-14(19-2)18-9-17-13/h3-6,8-9,12,16H,7H2,1-2H3. The molecule has 0 radical (unpaired) electrons. The summed E-state index contributed by atoms with van der Waals surface area (Å²) >= 11 is 6.19. The van der Waals surface area contributed by atoms with Crippen LogP contribution in [0.2, 0.25) is 5.02 Å². The number of benzene rings is 1. The summed E-state index contributed by atoms with van der Waals surface area (Å²) < 4.78 is 5.12. The van der Waals surface area contributed by atoms with Crippen LogP contribution in [0.4, 0.5) is 0 Å². The molecule has 0 aliphatic rings. The third kappa shape index (κ3) is 3.43. The number of likely N-dealkylation sites (N-methyl/N-ethyl adjacent to an activating group) is 1. The summed E-state index contributed by atoms with van der Waals surface area (Å²) in [5.74, 6) is 0.560. The van der Waals surface area contributed by atoms with Crippen LogP contribution >= 0.6 is 11.6 Å². The molecule has 5 heteroatoms. The van der Waals surface area contributed by atoms with Gasteiger partial charge < -0.3 is 10.1 Å². The summed E-state index contributed by atoms with van der Waals surface area (Å²) in [4.78, 5) is 8.30. The van der Waals surface area contributed by atoms with Gasteiger partial charge in [0.05, 0.1) is 18.8 Å². The predicted octanol–water partition coefficient (Wildman–Crippen LogP) is 2.64. The summed E-state index contributed by atoms with van der Waals surface area (Å²) in [6.07, 6.45) is 2.27. The summed E-state index contributed by atoms with van der Waals surface area (Å²) in [6, 6.07) is 9.71. The second-order valence-electron chi connectivity index (χ2n) is 4.12. The summed E-state index contributed by atoms with van der Waals surface area (Å²) in [7, 11) is 3.49. The van der Waals surface area contributed by atoms with Crippen molar-refractivity contribution in [3.8, 4) is 5.88 Å². The Kier molecular flexibility index (Phi) is 4.71. The van der Waals surface area contributed by atoms with Crippen LogP contribution in [0.5, 0.6) is 5.88 Å². The summed E-state index contributed by atoms with van der Waals surface area (Å²) in [6.45, 7) is 0. The van der Waals surface area contributed by atoms with Crippen LogP contribution in [-0.4, -0.2) is 24.1 Å². The molecule has 0 saturated heterocycles. The molecule has 1 atom stereocenters. The average molecular weight is 278 g/mol. The number of hydrogen-bond acceptors (Lipinski definition) is 4. The van der Waals surface area contributed by atoms with E-state index in [2.05, 4.69) is 15.3 Å². The van der Waals surface area contributed by atoms with Gasteiger partial charge in [-0.25, -0.2) is 9.97 Å². The molecule has 1 unspecified atom stereocenters. The second kappa shape index (κ2) is 6.50. The Labute approximate surface area is 117 Å². The minimum absolute atomic E-state index is 0.0665. The van der Waals surface area contributed by atoms with Crippen molar-refractivity contribution < 1.29 is 4.74 Å². The number of aromatic nitrogens is 2. The highest BCUT2D eigenvalue weighted by Crippen LogP contribution is 2.23. The second-order valence-corrected chi connectivity index (χ2v) is 4.53. The van der Waals surface area contributed by atoms with Crippen LogP contribution in [0, 0.1) is 0 Å². The minimum atomic E-state index is 0.0665. The van der Waals surface area contributed by atoms with E-state index < -0.39 is 0 Å². The fourth-order valence-corrected chi connectivity index (χ4v) is 2.11. The molecule has 4 nitrogen and oxygen atoms in total. The van der Waals surface area contributed by atoms with E-state index in [-0.39, 0.29) is 6.04 Å². The highest BCUT2D eigenvalue weighted by Gasteiger charge is 2.14. The monoisotopic (exact) mass is 277 g/mol. The molecule has 0 saturated carbocycles. The van der Waals surface area contributed by atoms with Crippen LogP contribution < -0.4 is 10.1 Å². The lowest BCUT2D eigenvalue weighted by Gasteiger charge is -2.16. The highest BCUT2D eigenvalue weighted by atomic mass is 35.5. The molecule has 2 rings (SSSR count). The first kappa shape index (κ1) is 13.8. The topological polar surface area (TPSA) is 47.0 Å². The Morgan fingerprint density at radius 3 is 2.79 bits per heavy atom. The van der Waals surface area contributed by atoms with Gasteiger partial charge >= 0.3 is 0 Å². The van der Waals surface area contributed by atoms with Gasteiger partial charge in [0, 0.05) is 11.1 Å². The number of ether oxygens (including phenoxy) is 1. The van der Waals surface area contributed by atoms with Gasteiger partial charge in [0.25, 0.3) is 0 Å². The van der Waals surface area contributed by atoms with Gasteiger partial charge in [-0.05, 0) is 25.1 Å². The Balaban J connectivity index is 2.22. The SMILES string of the molecule is CNC(Cc1ccccc1Cl)c1cc(OC)ncn1. The molecular formula is C14H16ClN3O. The van der Waals surface area contributed by atoms with Crippen LogP contribution in [0.25, 0.3) is 0 Å². The van der Waals surface area contributed by atoms with Crippen molar-refractivity contribution in [1.82, 2.24) is 15.3 Å². The van der Waals surface area contributed by atoms with Gasteiger partial charge in [0.2, 0.25) is 5.88 Å². The molecule has 0 amide bonds. The van der Waals surface area contributed by atoms with Gasteiger partial charge in [0.1, 0.15) is 6.33 Å². The molecule has 19 heavy (non-hydrogen) atoms. The van der Waals surface area contributed by atoms with Crippen molar-refractivity contribution in [3.05, 3.63) is 52.9 Å². The lowest BCUT2D eigenvalue weighted by Crippen LogP contribution is -2.20. The molecule has 2 aromatic rings. The largest absolute Gasteiger partial charge is 0.481 e. The van der Waals surface area contributed by atoms with Crippen LogP contribution in [0.1, 0.15) is 17.3 Å². The molecule has 100 valence electrons. The van der Waals surface area contributed by atoms with E-state index in [0.29, 0.717) is 5.88 Å². The molecule has 1 N–H and O–H groups in total. The highest BCUT2D eigenvalue weighted by molar-refractivity contribution is 6.31. The lowest BCUT2D eigenvalue weighted by molar-refractivity contribution is 0.394. The Morgan fingerprint density at radius 1 is 1.32 bits per heavy atom. The van der Waals surface area contributed by atoms with E-state index >= 15 is 0 Å². The maximum absolute atomic E-state index is 6.19. The van der Waals surface area contributed by atoms with Gasteiger partial charge in [-0.2, -0.15) is 0 Å². The fraction of sp³-hybridized carbons (Fsp3) is 0.286. The van der Waals surface area contributed by atoms with Crippen molar-refractivity contribution in [1.29, 1.82) is 0 Å². The van der Waals surface area contributed by atoms with Crippen LogP contribution in [-0.2, 0) is 6.42 Å². The molecule has 0 spiro atoms. The van der Waals surface area contributed by atoms with E-state index in [1.807, 2.05) is 37.4 Å². The fourth-order valence-electron chi connectivity index (χ4n) is 1.89. The molecule has 0 aliphatic heterocycles. The zero-order valence-corrected chi connectivity index (χ0v) is 11.7.